The van der Waals surface area contributed by atoms with Gasteiger partial charge < -0.3 is 14.6 Å². The predicted octanol–water partition coefficient (Wildman–Crippen LogP) is 13.0. The van der Waals surface area contributed by atoms with Gasteiger partial charge in [-0.15, -0.1) is 0 Å². The Balaban J connectivity index is 1.08. The van der Waals surface area contributed by atoms with Gasteiger partial charge in [-0.25, -0.2) is 4.99 Å². The van der Waals surface area contributed by atoms with Crippen LogP contribution in [0.15, 0.2) is 195 Å². The molecule has 9 aromatic carbocycles. The van der Waals surface area contributed by atoms with Crippen molar-refractivity contribution in [1.82, 2.24) is 0 Å². The summed E-state index contributed by atoms with van der Waals surface area (Å²) in [6.45, 7) is 0.467. The second-order valence-corrected chi connectivity index (χ2v) is 14.3. The van der Waals surface area contributed by atoms with Crippen molar-refractivity contribution in [1.29, 1.82) is 0 Å². The van der Waals surface area contributed by atoms with E-state index in [2.05, 4.69) is 127 Å². The Bertz CT molecular complexity index is 3410. The van der Waals surface area contributed by atoms with E-state index in [1.807, 2.05) is 48.5 Å². The molecule has 56 heavy (non-hydrogen) atoms. The summed E-state index contributed by atoms with van der Waals surface area (Å²) in [5.41, 5.74) is 15.2. The molecule has 0 aliphatic carbocycles. The van der Waals surface area contributed by atoms with Crippen molar-refractivity contribution in [3.63, 3.8) is 0 Å². The van der Waals surface area contributed by atoms with Crippen LogP contribution in [0.25, 0.3) is 87.3 Å². The molecule has 0 aliphatic heterocycles. The van der Waals surface area contributed by atoms with Crippen molar-refractivity contribution >= 4 is 87.9 Å². The molecular formula is C51H33N3O2. The fourth-order valence-electron chi connectivity index (χ4n) is 8.31. The van der Waals surface area contributed by atoms with Crippen LogP contribution in [0.4, 0.5) is 0 Å². The molecule has 5 heteroatoms. The highest BCUT2D eigenvalue weighted by atomic mass is 16.3. The number of aliphatic imine (C=N–C) groups is 2. The van der Waals surface area contributed by atoms with Crippen molar-refractivity contribution in [3.8, 4) is 11.1 Å². The lowest BCUT2D eigenvalue weighted by atomic mass is 9.94. The van der Waals surface area contributed by atoms with Crippen LogP contribution in [-0.4, -0.2) is 11.7 Å². The Kier molecular flexibility index (Phi) is 7.32. The first-order chi connectivity index (χ1) is 27.7. The lowest BCUT2D eigenvalue weighted by Gasteiger charge is -2.10. The second kappa shape index (κ2) is 12.8. The summed E-state index contributed by atoms with van der Waals surface area (Å²) < 4.78 is 13.2. The van der Waals surface area contributed by atoms with Gasteiger partial charge in [0, 0.05) is 43.6 Å². The molecule has 0 radical (unpaired) electrons. The molecule has 0 fully saturated rings. The van der Waals surface area contributed by atoms with Crippen LogP contribution in [0.3, 0.4) is 0 Å². The minimum Gasteiger partial charge on any atom is -0.455 e. The zero-order valence-electron chi connectivity index (χ0n) is 30.2. The first-order valence-corrected chi connectivity index (χ1v) is 18.8. The minimum atomic E-state index is 0.367. The highest BCUT2D eigenvalue weighted by Crippen LogP contribution is 2.43. The third-order valence-electron chi connectivity index (χ3n) is 11.0. The van der Waals surface area contributed by atoms with Gasteiger partial charge in [0.2, 0.25) is 0 Å². The molecule has 0 aliphatic rings. The summed E-state index contributed by atoms with van der Waals surface area (Å²) in [4.78, 5) is 10.2. The second-order valence-electron chi connectivity index (χ2n) is 14.3. The van der Waals surface area contributed by atoms with E-state index in [-0.39, 0.29) is 0 Å². The average molecular weight is 720 g/mol. The molecule has 2 N–H and O–H groups in total. The van der Waals surface area contributed by atoms with Crippen LogP contribution in [0, 0.1) is 0 Å². The van der Waals surface area contributed by atoms with Gasteiger partial charge >= 0.3 is 0 Å². The van der Waals surface area contributed by atoms with Gasteiger partial charge in [-0.2, -0.15) is 0 Å². The van der Waals surface area contributed by atoms with Gasteiger partial charge in [0.25, 0.3) is 0 Å². The topological polar surface area (TPSA) is 77.0 Å². The van der Waals surface area contributed by atoms with Gasteiger partial charge in [-0.05, 0) is 62.3 Å². The third-order valence-corrected chi connectivity index (χ3v) is 11.0. The Morgan fingerprint density at radius 2 is 1.14 bits per heavy atom. The number of benzene rings is 9. The lowest BCUT2D eigenvalue weighted by Crippen LogP contribution is -2.17. The van der Waals surface area contributed by atoms with Crippen LogP contribution in [-0.2, 0) is 6.54 Å². The van der Waals surface area contributed by atoms with Crippen molar-refractivity contribution in [3.05, 3.63) is 193 Å². The standard InChI is InChI=1S/C51H33N3O2/c52-50(54-51(53-30-31-12-2-1-3-13-31)34-26-27-36-33(28-34)25-24-32-14-4-5-15-35(32)36)42-21-11-23-46-47(42)41-20-10-19-40(48(41)56-46)43-29-44-38-17-8-9-22-45(38)55-49(44)39-18-7-6-16-37(39)43/h1-29H,30H2,(H2,52,53,54). The van der Waals surface area contributed by atoms with E-state index >= 15 is 0 Å². The molecule has 0 saturated heterocycles. The molecule has 2 heterocycles. The van der Waals surface area contributed by atoms with Crippen LogP contribution in [0.2, 0.25) is 0 Å². The van der Waals surface area contributed by atoms with E-state index in [4.69, 9.17) is 24.6 Å². The largest absolute Gasteiger partial charge is 0.455 e. The average Bonchev–Trinajstić information content (AvgIpc) is 3.84. The van der Waals surface area contributed by atoms with E-state index in [9.17, 15) is 0 Å². The maximum absolute atomic E-state index is 7.05. The predicted molar refractivity (Wildman–Crippen MR) is 233 cm³/mol. The zero-order chi connectivity index (χ0) is 37.2. The summed E-state index contributed by atoms with van der Waals surface area (Å²) in [5, 5.41) is 10.9. The van der Waals surface area contributed by atoms with Crippen LogP contribution < -0.4 is 5.73 Å². The maximum atomic E-state index is 7.05. The number of fused-ring (bicyclic) bond motifs is 11. The van der Waals surface area contributed by atoms with E-state index in [1.165, 1.54) is 16.2 Å². The normalized spacial score (nSPS) is 12.6. The van der Waals surface area contributed by atoms with Crippen LogP contribution >= 0.6 is 0 Å². The minimum absolute atomic E-state index is 0.367. The number of rotatable bonds is 5. The molecule has 2 aromatic heterocycles. The van der Waals surface area contributed by atoms with Gasteiger partial charge in [0.1, 0.15) is 28.2 Å². The number of hydrogen-bond acceptors (Lipinski definition) is 3. The molecule has 0 atom stereocenters. The number of para-hydroxylation sites is 2. The lowest BCUT2D eigenvalue weighted by molar-refractivity contribution is 0.669. The summed E-state index contributed by atoms with van der Waals surface area (Å²) in [5.74, 6) is 0.935. The Labute approximate surface area is 321 Å². The Morgan fingerprint density at radius 3 is 2.04 bits per heavy atom. The highest BCUT2D eigenvalue weighted by Gasteiger charge is 2.20. The number of amidine groups is 2. The molecule has 264 valence electrons. The fourth-order valence-corrected chi connectivity index (χ4v) is 8.31. The molecular weight excluding hydrogens is 687 g/mol. The number of nitrogens with two attached hydrogens (primary N) is 1. The van der Waals surface area contributed by atoms with E-state index in [0.29, 0.717) is 18.2 Å². The van der Waals surface area contributed by atoms with Crippen molar-refractivity contribution < 1.29 is 8.83 Å². The van der Waals surface area contributed by atoms with E-state index < -0.39 is 0 Å². The number of furan rings is 2. The third kappa shape index (κ3) is 5.17. The summed E-state index contributed by atoms with van der Waals surface area (Å²) in [6.07, 6.45) is 0. The summed E-state index contributed by atoms with van der Waals surface area (Å²) in [6, 6.07) is 60.6. The SMILES string of the molecule is N/C(=N\C(=N/Cc1ccccc1)c1ccc2c(ccc3ccccc32)c1)c1cccc2oc3c(-c4cc5c6ccccc6oc5c5ccccc45)cccc3c12. The quantitative estimate of drug-likeness (QED) is 0.109. The van der Waals surface area contributed by atoms with Crippen LogP contribution in [0.1, 0.15) is 16.7 Å². The van der Waals surface area contributed by atoms with E-state index in [0.717, 1.165) is 87.9 Å². The highest BCUT2D eigenvalue weighted by molar-refractivity contribution is 6.24. The number of hydrogen-bond donors (Lipinski definition) is 1. The number of nitrogens with zero attached hydrogens (tertiary/aromatic N) is 2. The monoisotopic (exact) mass is 719 g/mol. The smallest absolute Gasteiger partial charge is 0.157 e. The molecule has 0 bridgehead atoms. The van der Waals surface area contributed by atoms with Crippen LogP contribution in [0.5, 0.6) is 0 Å². The zero-order valence-corrected chi connectivity index (χ0v) is 30.2. The first-order valence-electron chi connectivity index (χ1n) is 18.8. The fraction of sp³-hybridized carbons (Fsp3) is 0.0196. The Morgan fingerprint density at radius 1 is 0.464 bits per heavy atom. The summed E-state index contributed by atoms with van der Waals surface area (Å²) in [7, 11) is 0. The molecule has 11 aromatic rings. The molecule has 0 saturated carbocycles. The van der Waals surface area contributed by atoms with Gasteiger partial charge in [0.15, 0.2) is 5.84 Å². The molecule has 0 unspecified atom stereocenters. The molecule has 0 spiro atoms. The first kappa shape index (κ1) is 32.0. The molecule has 0 amide bonds. The van der Waals surface area contributed by atoms with Crippen molar-refractivity contribution in [2.75, 3.05) is 0 Å². The van der Waals surface area contributed by atoms with Crippen molar-refractivity contribution in [2.24, 2.45) is 15.7 Å². The Hall–Kier alpha value is -7.50. The van der Waals surface area contributed by atoms with Crippen molar-refractivity contribution in [2.45, 2.75) is 6.54 Å². The van der Waals surface area contributed by atoms with Gasteiger partial charge in [-0.1, -0.05) is 152 Å². The summed E-state index contributed by atoms with van der Waals surface area (Å²) >= 11 is 0. The maximum Gasteiger partial charge on any atom is 0.157 e. The molecule has 5 nitrogen and oxygen atoms in total. The van der Waals surface area contributed by atoms with Gasteiger partial charge in [0.05, 0.1) is 6.54 Å². The van der Waals surface area contributed by atoms with Gasteiger partial charge in [-0.3, -0.25) is 4.99 Å². The molecule has 11 rings (SSSR count). The van der Waals surface area contributed by atoms with E-state index in [1.54, 1.807) is 0 Å².